The third-order valence-corrected chi connectivity index (χ3v) is 7.20. The molecular weight excluding hydrogens is 539 g/mol. The van der Waals surface area contributed by atoms with Crippen LogP contribution in [0.25, 0.3) is 0 Å². The van der Waals surface area contributed by atoms with Crippen molar-refractivity contribution in [3.63, 3.8) is 0 Å². The summed E-state index contributed by atoms with van der Waals surface area (Å²) in [6.45, 7) is 38.4. The summed E-state index contributed by atoms with van der Waals surface area (Å²) in [6, 6.07) is 6.28. The largest absolute Gasteiger partial charge is 0.929 e. The molecule has 0 aliphatic rings. The first-order chi connectivity index (χ1) is 19.1. The van der Waals surface area contributed by atoms with Gasteiger partial charge in [0.1, 0.15) is 0 Å². The van der Waals surface area contributed by atoms with E-state index >= 15 is 0 Å². The average Bonchev–Trinajstić information content (AvgIpc) is 3.47. The quantitative estimate of drug-likeness (QED) is 0.294. The molecule has 0 aliphatic heterocycles. The van der Waals surface area contributed by atoms with E-state index in [4.69, 9.17) is 29.6 Å². The van der Waals surface area contributed by atoms with Crippen LogP contribution in [0.4, 0.5) is 0 Å². The first-order valence-electron chi connectivity index (χ1n) is 15.4. The summed E-state index contributed by atoms with van der Waals surface area (Å²) in [5.41, 5.74) is 4.09. The number of hydrogen-bond acceptors (Lipinski definition) is 6. The molecule has 9 nitrogen and oxygen atoms in total. The van der Waals surface area contributed by atoms with Crippen LogP contribution in [0.1, 0.15) is 159 Å². The van der Waals surface area contributed by atoms with Crippen LogP contribution in [0.15, 0.2) is 18.2 Å². The molecule has 0 amide bonds. The molecule has 0 aliphatic carbocycles. The van der Waals surface area contributed by atoms with Gasteiger partial charge in [0.15, 0.2) is 0 Å². The predicted octanol–water partition coefficient (Wildman–Crippen LogP) is 6.73. The van der Waals surface area contributed by atoms with Crippen LogP contribution < -0.4 is 14.3 Å². The fraction of sp³-hybridized carbons (Fsp3) is 0.727. The van der Waals surface area contributed by atoms with Gasteiger partial charge in [-0.2, -0.15) is 0 Å². The van der Waals surface area contributed by atoms with E-state index in [0.29, 0.717) is 0 Å². The fourth-order valence-electron chi connectivity index (χ4n) is 4.25. The highest BCUT2D eigenvalue weighted by atomic mass is 16.9. The third kappa shape index (κ3) is 8.18. The Hall–Kier alpha value is -2.91. The molecular formula is C33H57BN6O3. The standard InChI is InChI=1S/C33H57BN6O3/c1-28(2,3)22-19-25(31(10,11)12)38(35-22)41-34(42-39-26(32(13,14)15)20-23(36-39)29(4,5)6)43-40-27(33(16,17)18)21-24(37-40)30(7,8)9/h19-21H,1-18H3. The Morgan fingerprint density at radius 3 is 0.767 bits per heavy atom. The van der Waals surface area contributed by atoms with Gasteiger partial charge in [-0.15, -0.1) is 29.8 Å². The van der Waals surface area contributed by atoms with Crippen molar-refractivity contribution in [2.24, 2.45) is 0 Å². The molecule has 10 heteroatoms. The summed E-state index contributed by atoms with van der Waals surface area (Å²) < 4.78 is 19.6. The highest BCUT2D eigenvalue weighted by Gasteiger charge is 2.41. The minimum atomic E-state index is -1.28. The number of rotatable bonds is 6. The second-order valence-electron chi connectivity index (χ2n) is 18.0. The molecule has 0 atom stereocenters. The Morgan fingerprint density at radius 2 is 0.605 bits per heavy atom. The monoisotopic (exact) mass is 596 g/mol. The van der Waals surface area contributed by atoms with E-state index in [9.17, 15) is 0 Å². The molecule has 0 saturated heterocycles. The third-order valence-electron chi connectivity index (χ3n) is 7.20. The average molecular weight is 597 g/mol. The van der Waals surface area contributed by atoms with Gasteiger partial charge in [0.05, 0.1) is 34.2 Å². The number of aromatic nitrogens is 6. The van der Waals surface area contributed by atoms with Crippen molar-refractivity contribution in [3.05, 3.63) is 52.4 Å². The zero-order valence-electron chi connectivity index (χ0n) is 30.2. The van der Waals surface area contributed by atoms with E-state index in [0.717, 1.165) is 34.2 Å². The second-order valence-corrected chi connectivity index (χ2v) is 18.0. The highest BCUT2D eigenvalue weighted by molar-refractivity contribution is 6.37. The van der Waals surface area contributed by atoms with Crippen LogP contribution in [-0.4, -0.2) is 37.2 Å². The van der Waals surface area contributed by atoms with Crippen molar-refractivity contribution in [2.75, 3.05) is 0 Å². The second kappa shape index (κ2) is 10.9. The van der Waals surface area contributed by atoms with E-state index in [2.05, 4.69) is 143 Å². The lowest BCUT2D eigenvalue weighted by atomic mass is 9.88. The lowest BCUT2D eigenvalue weighted by molar-refractivity contribution is 0.0271. The van der Waals surface area contributed by atoms with Gasteiger partial charge in [-0.1, -0.05) is 125 Å². The zero-order chi connectivity index (χ0) is 33.1. The van der Waals surface area contributed by atoms with Gasteiger partial charge in [-0.25, -0.2) is 0 Å². The van der Waals surface area contributed by atoms with Gasteiger partial charge in [0, 0.05) is 32.5 Å². The van der Waals surface area contributed by atoms with Crippen molar-refractivity contribution >= 4 is 7.32 Å². The summed E-state index contributed by atoms with van der Waals surface area (Å²) in [5, 5.41) is 14.6. The highest BCUT2D eigenvalue weighted by Crippen LogP contribution is 2.31. The van der Waals surface area contributed by atoms with Gasteiger partial charge < -0.3 is 14.3 Å². The molecule has 0 spiro atoms. The molecule has 0 aromatic carbocycles. The Balaban J connectivity index is 2.21. The molecule has 3 aromatic heterocycles. The first kappa shape index (κ1) is 34.6. The van der Waals surface area contributed by atoms with Crippen LogP contribution in [-0.2, 0) is 32.5 Å². The van der Waals surface area contributed by atoms with Crippen LogP contribution in [0, 0.1) is 0 Å². The lowest BCUT2D eigenvalue weighted by Gasteiger charge is -2.25. The van der Waals surface area contributed by atoms with Crippen LogP contribution >= 0.6 is 0 Å². The van der Waals surface area contributed by atoms with E-state index in [1.807, 2.05) is 0 Å². The van der Waals surface area contributed by atoms with Crippen molar-refractivity contribution < 1.29 is 14.3 Å². The molecule has 0 unspecified atom stereocenters. The Bertz CT molecular complexity index is 1240. The molecule has 240 valence electrons. The minimum Gasteiger partial charge on any atom is -0.380 e. The molecule has 0 fully saturated rings. The van der Waals surface area contributed by atoms with Crippen molar-refractivity contribution in [1.82, 2.24) is 29.8 Å². The minimum absolute atomic E-state index is 0.183. The topological polar surface area (TPSA) is 81.1 Å². The summed E-state index contributed by atoms with van der Waals surface area (Å²) in [4.78, 5) is 4.63. The van der Waals surface area contributed by atoms with Crippen molar-refractivity contribution in [2.45, 2.75) is 157 Å². The van der Waals surface area contributed by atoms with Crippen LogP contribution in [0.5, 0.6) is 0 Å². The van der Waals surface area contributed by atoms with Gasteiger partial charge in [-0.05, 0) is 18.2 Å². The predicted molar refractivity (Wildman–Crippen MR) is 174 cm³/mol. The maximum atomic E-state index is 6.52. The van der Waals surface area contributed by atoms with Gasteiger partial charge in [0.25, 0.3) is 0 Å². The summed E-state index contributed by atoms with van der Waals surface area (Å²) in [5.74, 6) is 0. The normalized spacial score (nSPS) is 13.8. The Labute approximate surface area is 260 Å². The Kier molecular flexibility index (Phi) is 8.78. The van der Waals surface area contributed by atoms with E-state index in [1.165, 1.54) is 0 Å². The SMILES string of the molecule is CC(C)(C)c1cc(C(C)(C)C)n(OB(On2nc(C(C)(C)C)cc2C(C)(C)C)On2nc(C(C)(C)C)cc2C(C)(C)C)n1. The van der Waals surface area contributed by atoms with E-state index < -0.39 is 7.32 Å². The molecule has 0 saturated carbocycles. The summed E-state index contributed by atoms with van der Waals surface area (Å²) in [6.07, 6.45) is 0. The van der Waals surface area contributed by atoms with E-state index in [-0.39, 0.29) is 32.5 Å². The first-order valence-corrected chi connectivity index (χ1v) is 15.4. The molecule has 3 rings (SSSR count). The lowest BCUT2D eigenvalue weighted by Crippen LogP contribution is -2.51. The molecule has 43 heavy (non-hydrogen) atoms. The van der Waals surface area contributed by atoms with Crippen molar-refractivity contribution in [1.29, 1.82) is 0 Å². The molecule has 3 heterocycles. The number of hydrogen-bond donors (Lipinski definition) is 0. The Morgan fingerprint density at radius 1 is 0.395 bits per heavy atom. The van der Waals surface area contributed by atoms with Gasteiger partial charge >= 0.3 is 7.32 Å². The van der Waals surface area contributed by atoms with Crippen LogP contribution in [0.2, 0.25) is 0 Å². The molecule has 0 radical (unpaired) electrons. The maximum absolute atomic E-state index is 6.52. The zero-order valence-corrected chi connectivity index (χ0v) is 30.2. The van der Waals surface area contributed by atoms with Crippen LogP contribution in [0.3, 0.4) is 0 Å². The van der Waals surface area contributed by atoms with Gasteiger partial charge in [0.2, 0.25) is 0 Å². The summed E-state index contributed by atoms with van der Waals surface area (Å²) >= 11 is 0. The van der Waals surface area contributed by atoms with Crippen molar-refractivity contribution in [3.8, 4) is 0 Å². The summed E-state index contributed by atoms with van der Waals surface area (Å²) in [7, 11) is -1.28. The molecule has 0 bridgehead atoms. The van der Waals surface area contributed by atoms with Gasteiger partial charge in [-0.3, -0.25) is 0 Å². The fourth-order valence-corrected chi connectivity index (χ4v) is 4.25. The molecule has 3 aromatic rings. The number of nitrogens with zero attached hydrogens (tertiary/aromatic N) is 6. The van der Waals surface area contributed by atoms with E-state index in [1.54, 1.807) is 14.5 Å². The maximum Gasteiger partial charge on any atom is 0.929 e. The smallest absolute Gasteiger partial charge is 0.380 e. The molecule has 0 N–H and O–H groups in total.